The monoisotopic (exact) mass is 383 g/mol. The Hall–Kier alpha value is -2.89. The van der Waals surface area contributed by atoms with Crippen LogP contribution in [0.1, 0.15) is 55.1 Å². The second-order valence-electron chi connectivity index (χ2n) is 7.23. The van der Waals surface area contributed by atoms with E-state index in [1.54, 1.807) is 19.1 Å². The average Bonchev–Trinajstić information content (AvgIpc) is 2.61. The maximum absolute atomic E-state index is 12.7. The van der Waals surface area contributed by atoms with Gasteiger partial charge < -0.3 is 15.2 Å². The van der Waals surface area contributed by atoms with E-state index in [-0.39, 0.29) is 35.6 Å². The van der Waals surface area contributed by atoms with Crippen molar-refractivity contribution < 1.29 is 9.59 Å². The summed E-state index contributed by atoms with van der Waals surface area (Å²) in [6.07, 6.45) is 1.05. The first-order chi connectivity index (χ1) is 13.2. The van der Waals surface area contributed by atoms with Gasteiger partial charge in [-0.1, -0.05) is 30.7 Å². The van der Waals surface area contributed by atoms with Gasteiger partial charge in [0, 0.05) is 12.1 Å². The number of hydrogen-bond donors (Lipinski definition) is 2. The van der Waals surface area contributed by atoms with E-state index in [2.05, 4.69) is 16.7 Å². The zero-order valence-corrected chi connectivity index (χ0v) is 17.3. The van der Waals surface area contributed by atoms with Crippen molar-refractivity contribution in [3.8, 4) is 0 Å². The molecule has 0 aliphatic carbocycles. The van der Waals surface area contributed by atoms with Crippen LogP contribution < -0.4 is 16.2 Å². The predicted octanol–water partition coefficient (Wildman–Crippen LogP) is 3.39. The van der Waals surface area contributed by atoms with E-state index < -0.39 is 0 Å². The normalized spacial score (nSPS) is 11.8. The van der Waals surface area contributed by atoms with Crippen molar-refractivity contribution >= 4 is 17.5 Å². The van der Waals surface area contributed by atoms with Crippen LogP contribution in [-0.2, 0) is 16.1 Å². The Morgan fingerprint density at radius 3 is 2.43 bits per heavy atom. The summed E-state index contributed by atoms with van der Waals surface area (Å²) in [5.74, 6) is -0.461. The lowest BCUT2D eigenvalue weighted by Gasteiger charge is -2.18. The van der Waals surface area contributed by atoms with Crippen LogP contribution in [0.5, 0.6) is 0 Å². The molecule has 2 aromatic rings. The van der Waals surface area contributed by atoms with Gasteiger partial charge in [0.15, 0.2) is 0 Å². The van der Waals surface area contributed by atoms with Gasteiger partial charge in [0.05, 0.1) is 6.04 Å². The van der Waals surface area contributed by atoms with E-state index in [1.165, 1.54) is 10.1 Å². The number of hydrogen-bond acceptors (Lipinski definition) is 3. The van der Waals surface area contributed by atoms with E-state index in [9.17, 15) is 14.4 Å². The highest BCUT2D eigenvalue weighted by molar-refractivity contribution is 5.90. The zero-order valence-electron chi connectivity index (χ0n) is 17.3. The molecule has 0 saturated heterocycles. The van der Waals surface area contributed by atoms with Crippen LogP contribution in [0.2, 0.25) is 0 Å². The first kappa shape index (κ1) is 21.4. The van der Waals surface area contributed by atoms with E-state index in [4.69, 9.17) is 0 Å². The minimum Gasteiger partial charge on any atom is -0.348 e. The fraction of sp³-hybridized carbons (Fsp3) is 0.409. The Kier molecular flexibility index (Phi) is 7.15. The Morgan fingerprint density at radius 2 is 1.79 bits per heavy atom. The standard InChI is InChI=1S/C22H29N3O3/c1-6-7-20(26)24-19-11-9-16(4)25(22(19)28)13-21(27)23-17(5)18-10-8-14(2)12-15(18)3/h8-12,17H,6-7,13H2,1-5H3,(H,23,27)(H,24,26)/t17-/m1/s1. The molecule has 150 valence electrons. The van der Waals surface area contributed by atoms with Crippen LogP contribution in [0, 0.1) is 20.8 Å². The van der Waals surface area contributed by atoms with Crippen molar-refractivity contribution in [2.24, 2.45) is 0 Å². The molecule has 0 spiro atoms. The molecule has 1 aromatic heterocycles. The summed E-state index contributed by atoms with van der Waals surface area (Å²) in [4.78, 5) is 37.0. The fourth-order valence-corrected chi connectivity index (χ4v) is 3.22. The smallest absolute Gasteiger partial charge is 0.274 e. The van der Waals surface area contributed by atoms with E-state index >= 15 is 0 Å². The molecule has 2 N–H and O–H groups in total. The minimum atomic E-state index is -0.376. The van der Waals surface area contributed by atoms with Crippen LogP contribution in [0.25, 0.3) is 0 Å². The number of rotatable bonds is 7. The number of amides is 2. The molecule has 0 bridgehead atoms. The number of aromatic nitrogens is 1. The number of nitrogens with zero attached hydrogens (tertiary/aromatic N) is 1. The number of nitrogens with one attached hydrogen (secondary N) is 2. The Balaban J connectivity index is 2.14. The van der Waals surface area contributed by atoms with Gasteiger partial charge in [0.2, 0.25) is 11.8 Å². The lowest BCUT2D eigenvalue weighted by molar-refractivity contribution is -0.122. The quantitative estimate of drug-likeness (QED) is 0.769. The number of aryl methyl sites for hydroxylation is 3. The van der Waals surface area contributed by atoms with Crippen molar-refractivity contribution in [1.82, 2.24) is 9.88 Å². The van der Waals surface area contributed by atoms with E-state index in [0.29, 0.717) is 18.5 Å². The second-order valence-corrected chi connectivity index (χ2v) is 7.23. The Labute approximate surface area is 166 Å². The lowest BCUT2D eigenvalue weighted by atomic mass is 10.0. The maximum atomic E-state index is 12.7. The van der Waals surface area contributed by atoms with Crippen molar-refractivity contribution in [2.75, 3.05) is 5.32 Å². The summed E-state index contributed by atoms with van der Waals surface area (Å²) in [6, 6.07) is 9.24. The lowest BCUT2D eigenvalue weighted by Crippen LogP contribution is -2.35. The van der Waals surface area contributed by atoms with Crippen LogP contribution in [0.4, 0.5) is 5.69 Å². The molecule has 28 heavy (non-hydrogen) atoms. The third-order valence-electron chi connectivity index (χ3n) is 4.71. The van der Waals surface area contributed by atoms with Crippen LogP contribution in [0.3, 0.4) is 0 Å². The van der Waals surface area contributed by atoms with Gasteiger partial charge in [-0.3, -0.25) is 14.4 Å². The van der Waals surface area contributed by atoms with Crippen LogP contribution in [0.15, 0.2) is 35.1 Å². The molecule has 0 fully saturated rings. The summed E-state index contributed by atoms with van der Waals surface area (Å²) in [6.45, 7) is 9.53. The van der Waals surface area contributed by atoms with Crippen LogP contribution >= 0.6 is 0 Å². The number of benzene rings is 1. The zero-order chi connectivity index (χ0) is 20.8. The molecular weight excluding hydrogens is 354 g/mol. The molecule has 0 saturated carbocycles. The number of carbonyl (C=O) groups excluding carboxylic acids is 2. The van der Waals surface area contributed by atoms with Gasteiger partial charge in [0.1, 0.15) is 12.2 Å². The summed E-state index contributed by atoms with van der Waals surface area (Å²) >= 11 is 0. The van der Waals surface area contributed by atoms with Gasteiger partial charge in [-0.15, -0.1) is 0 Å². The molecule has 1 heterocycles. The highest BCUT2D eigenvalue weighted by Gasteiger charge is 2.15. The highest BCUT2D eigenvalue weighted by Crippen LogP contribution is 2.18. The first-order valence-electron chi connectivity index (χ1n) is 9.59. The van der Waals surface area contributed by atoms with Gasteiger partial charge in [-0.2, -0.15) is 0 Å². The molecule has 0 radical (unpaired) electrons. The number of anilines is 1. The molecule has 6 nitrogen and oxygen atoms in total. The summed E-state index contributed by atoms with van der Waals surface area (Å²) < 4.78 is 1.38. The van der Waals surface area contributed by atoms with Gasteiger partial charge >= 0.3 is 0 Å². The second kappa shape index (κ2) is 9.35. The van der Waals surface area contributed by atoms with Gasteiger partial charge in [-0.25, -0.2) is 0 Å². The van der Waals surface area contributed by atoms with Crippen molar-refractivity contribution in [3.05, 3.63) is 63.1 Å². The predicted molar refractivity (Wildman–Crippen MR) is 111 cm³/mol. The molecular formula is C22H29N3O3. The first-order valence-corrected chi connectivity index (χ1v) is 9.59. The molecule has 0 aliphatic heterocycles. The molecule has 6 heteroatoms. The highest BCUT2D eigenvalue weighted by atomic mass is 16.2. The van der Waals surface area contributed by atoms with E-state index in [1.807, 2.05) is 39.8 Å². The topological polar surface area (TPSA) is 80.2 Å². The van der Waals surface area contributed by atoms with Crippen LogP contribution in [-0.4, -0.2) is 16.4 Å². The number of pyridine rings is 1. The largest absolute Gasteiger partial charge is 0.348 e. The van der Waals surface area contributed by atoms with Crippen molar-refractivity contribution in [1.29, 1.82) is 0 Å². The average molecular weight is 383 g/mol. The molecule has 0 unspecified atom stereocenters. The van der Waals surface area contributed by atoms with Gasteiger partial charge in [0.25, 0.3) is 5.56 Å². The third kappa shape index (κ3) is 5.31. The fourth-order valence-electron chi connectivity index (χ4n) is 3.22. The minimum absolute atomic E-state index is 0.0998. The molecule has 1 atom stereocenters. The Bertz CT molecular complexity index is 931. The Morgan fingerprint density at radius 1 is 1.07 bits per heavy atom. The molecule has 0 aliphatic rings. The molecule has 1 aromatic carbocycles. The SMILES string of the molecule is CCCC(=O)Nc1ccc(C)n(CC(=O)N[C@H](C)c2ccc(C)cc2C)c1=O. The van der Waals surface area contributed by atoms with Crippen molar-refractivity contribution in [2.45, 2.75) is 60.0 Å². The van der Waals surface area contributed by atoms with E-state index in [0.717, 1.165) is 11.1 Å². The molecule has 2 rings (SSSR count). The van der Waals surface area contributed by atoms with Gasteiger partial charge in [-0.05, 0) is 57.4 Å². The maximum Gasteiger partial charge on any atom is 0.274 e. The summed E-state index contributed by atoms with van der Waals surface area (Å²) in [5, 5.41) is 5.58. The molecule has 2 amide bonds. The summed E-state index contributed by atoms with van der Waals surface area (Å²) in [5.41, 5.74) is 3.81. The summed E-state index contributed by atoms with van der Waals surface area (Å²) in [7, 11) is 0. The third-order valence-corrected chi connectivity index (χ3v) is 4.71. The number of carbonyl (C=O) groups is 2. The van der Waals surface area contributed by atoms with Crippen molar-refractivity contribution in [3.63, 3.8) is 0 Å².